The van der Waals surface area contributed by atoms with Crippen LogP contribution in [-0.4, -0.2) is 53.6 Å². The molecule has 0 saturated carbocycles. The molecular weight excluding hydrogens is 401 g/mol. The number of para-hydroxylation sites is 1. The minimum atomic E-state index is -4.85. The summed E-state index contributed by atoms with van der Waals surface area (Å²) in [5.41, 5.74) is 0.772. The van der Waals surface area contributed by atoms with Crippen LogP contribution in [0.15, 0.2) is 54.4 Å². The van der Waals surface area contributed by atoms with Gasteiger partial charge in [0.2, 0.25) is 0 Å². The summed E-state index contributed by atoms with van der Waals surface area (Å²) >= 11 is 0. The van der Waals surface area contributed by atoms with Crippen molar-refractivity contribution in [3.63, 3.8) is 0 Å². The van der Waals surface area contributed by atoms with Crippen LogP contribution in [0.5, 0.6) is 5.75 Å². The minimum absolute atomic E-state index is 0.0180. The lowest BCUT2D eigenvalue weighted by atomic mass is 9.99. The van der Waals surface area contributed by atoms with Gasteiger partial charge in [-0.05, 0) is 23.8 Å². The Morgan fingerprint density at radius 1 is 1.07 bits per heavy atom. The number of rotatable bonds is 4. The molecule has 0 radical (unpaired) electrons. The Morgan fingerprint density at radius 2 is 1.83 bits per heavy atom. The fourth-order valence-electron chi connectivity index (χ4n) is 3.68. The van der Waals surface area contributed by atoms with Crippen molar-refractivity contribution in [2.45, 2.75) is 12.8 Å². The van der Waals surface area contributed by atoms with Crippen LogP contribution in [0, 0.1) is 0 Å². The summed E-state index contributed by atoms with van der Waals surface area (Å²) in [5.74, 6) is -0.646. The average Bonchev–Trinajstić information content (AvgIpc) is 2.73. The maximum Gasteiger partial charge on any atom is 0.573 e. The molecule has 1 aromatic carbocycles. The number of fused-ring (bicyclic) bond motifs is 1. The molecule has 2 aliphatic rings. The molecule has 1 N–H and O–H groups in total. The normalized spacial score (nSPS) is 17.4. The molecule has 0 unspecified atom stereocenters. The third kappa shape index (κ3) is 4.18. The van der Waals surface area contributed by atoms with Crippen LogP contribution in [0.1, 0.15) is 5.56 Å². The molecule has 0 atom stereocenters. The van der Waals surface area contributed by atoms with E-state index in [2.05, 4.69) is 14.6 Å². The second-order valence-corrected chi connectivity index (χ2v) is 6.92. The van der Waals surface area contributed by atoms with Crippen molar-refractivity contribution in [1.29, 1.82) is 0 Å². The smallest absolute Gasteiger partial charge is 0.478 e. The van der Waals surface area contributed by atoms with Gasteiger partial charge in [0.05, 0.1) is 5.57 Å². The number of hydrogen-bond acceptors (Lipinski definition) is 6. The number of alkyl halides is 3. The number of carboxylic acid groups (broad SMARTS) is 1. The highest BCUT2D eigenvalue weighted by Crippen LogP contribution is 2.40. The summed E-state index contributed by atoms with van der Waals surface area (Å²) in [5, 5.41) is 12.8. The third-order valence-electron chi connectivity index (χ3n) is 5.01. The third-order valence-corrected chi connectivity index (χ3v) is 5.01. The zero-order valence-electron chi connectivity index (χ0n) is 15.8. The Morgan fingerprint density at radius 3 is 2.47 bits per heavy atom. The lowest BCUT2D eigenvalue weighted by Crippen LogP contribution is -2.53. The summed E-state index contributed by atoms with van der Waals surface area (Å²) in [6.45, 7) is 2.11. The molecule has 0 bridgehead atoms. The van der Waals surface area contributed by atoms with Gasteiger partial charge >= 0.3 is 12.3 Å². The number of nitrogens with zero attached hydrogens (tertiary/aromatic N) is 4. The van der Waals surface area contributed by atoms with Crippen LogP contribution >= 0.6 is 0 Å². The SMILES string of the molecule is O=C(O)C1=CN(N2CCN(c3ccccn3)CC2)c2c(cccc2OC(F)(F)F)C1. The first kappa shape index (κ1) is 20.0. The molecule has 0 spiro atoms. The van der Waals surface area contributed by atoms with E-state index < -0.39 is 12.3 Å². The van der Waals surface area contributed by atoms with Crippen LogP contribution in [0.4, 0.5) is 24.7 Å². The molecule has 4 rings (SSSR count). The molecule has 0 aliphatic carbocycles. The quantitative estimate of drug-likeness (QED) is 0.815. The van der Waals surface area contributed by atoms with Crippen molar-refractivity contribution in [1.82, 2.24) is 9.99 Å². The van der Waals surface area contributed by atoms with Gasteiger partial charge in [-0.25, -0.2) is 14.8 Å². The fraction of sp³-hybridized carbons (Fsp3) is 0.300. The summed E-state index contributed by atoms with van der Waals surface area (Å²) in [6, 6.07) is 9.89. The van der Waals surface area contributed by atoms with Crippen LogP contribution in [0.25, 0.3) is 0 Å². The van der Waals surface area contributed by atoms with E-state index in [1.807, 2.05) is 23.2 Å². The number of hydrazine groups is 1. The van der Waals surface area contributed by atoms with Crippen LogP contribution in [-0.2, 0) is 11.2 Å². The Bertz CT molecular complexity index is 958. The number of pyridine rings is 1. The number of benzene rings is 1. The largest absolute Gasteiger partial charge is 0.573 e. The zero-order chi connectivity index (χ0) is 21.3. The second kappa shape index (κ2) is 7.86. The standard InChI is InChI=1S/C20H19F3N4O3/c21-20(22,23)30-16-5-3-4-14-12-15(19(28)29)13-27(18(14)16)26-10-8-25(9-11-26)17-6-1-2-7-24-17/h1-7,13H,8-12H2,(H,28,29). The van der Waals surface area contributed by atoms with Gasteiger partial charge in [-0.3, -0.25) is 5.01 Å². The first-order valence-electron chi connectivity index (χ1n) is 9.33. The first-order chi connectivity index (χ1) is 14.3. The summed E-state index contributed by atoms with van der Waals surface area (Å²) < 4.78 is 43.1. The number of halogens is 3. The predicted molar refractivity (Wildman–Crippen MR) is 103 cm³/mol. The maximum atomic E-state index is 12.9. The maximum absolute atomic E-state index is 12.9. The molecule has 2 aromatic rings. The summed E-state index contributed by atoms with van der Waals surface area (Å²) in [4.78, 5) is 18.0. The lowest BCUT2D eigenvalue weighted by molar-refractivity contribution is -0.274. The number of carboxylic acids is 1. The van der Waals surface area contributed by atoms with E-state index in [9.17, 15) is 23.1 Å². The molecular formula is C20H19F3N4O3. The molecule has 10 heteroatoms. The zero-order valence-corrected chi connectivity index (χ0v) is 15.8. The molecule has 158 valence electrons. The monoisotopic (exact) mass is 420 g/mol. The molecule has 1 fully saturated rings. The highest BCUT2D eigenvalue weighted by atomic mass is 19.4. The number of carbonyl (C=O) groups is 1. The Balaban J connectivity index is 1.63. The van der Waals surface area contributed by atoms with Gasteiger partial charge in [0, 0.05) is 45.0 Å². The molecule has 3 heterocycles. The van der Waals surface area contributed by atoms with Gasteiger partial charge in [-0.2, -0.15) is 0 Å². The Labute approximate surface area is 170 Å². The van der Waals surface area contributed by atoms with Crippen LogP contribution < -0.4 is 14.6 Å². The van der Waals surface area contributed by atoms with Crippen molar-refractivity contribution >= 4 is 17.5 Å². The van der Waals surface area contributed by atoms with Gasteiger partial charge in [0.1, 0.15) is 11.5 Å². The number of ether oxygens (including phenoxy) is 1. The fourth-order valence-corrected chi connectivity index (χ4v) is 3.68. The molecule has 0 amide bonds. The van der Waals surface area contributed by atoms with Crippen molar-refractivity contribution in [3.05, 3.63) is 59.9 Å². The number of aromatic nitrogens is 1. The first-order valence-corrected chi connectivity index (χ1v) is 9.33. The van der Waals surface area contributed by atoms with E-state index in [0.29, 0.717) is 31.7 Å². The summed E-state index contributed by atoms with van der Waals surface area (Å²) in [6.07, 6.45) is -1.76. The van der Waals surface area contributed by atoms with Crippen LogP contribution in [0.3, 0.4) is 0 Å². The molecule has 30 heavy (non-hydrogen) atoms. The van der Waals surface area contributed by atoms with E-state index in [1.165, 1.54) is 23.3 Å². The van der Waals surface area contributed by atoms with Gasteiger partial charge in [0.25, 0.3) is 0 Å². The highest BCUT2D eigenvalue weighted by molar-refractivity contribution is 5.90. The van der Waals surface area contributed by atoms with Crippen LogP contribution in [0.2, 0.25) is 0 Å². The highest BCUT2D eigenvalue weighted by Gasteiger charge is 2.36. The molecule has 7 nitrogen and oxygen atoms in total. The average molecular weight is 420 g/mol. The van der Waals surface area contributed by atoms with E-state index in [1.54, 1.807) is 12.3 Å². The predicted octanol–water partition coefficient (Wildman–Crippen LogP) is 3.05. The van der Waals surface area contributed by atoms with Gasteiger partial charge in [-0.15, -0.1) is 13.2 Å². The van der Waals surface area contributed by atoms with Gasteiger partial charge in [-0.1, -0.05) is 18.2 Å². The molecule has 1 saturated heterocycles. The minimum Gasteiger partial charge on any atom is -0.478 e. The van der Waals surface area contributed by atoms with E-state index >= 15 is 0 Å². The van der Waals surface area contributed by atoms with Crippen molar-refractivity contribution in [2.75, 3.05) is 36.1 Å². The molecule has 1 aromatic heterocycles. The van der Waals surface area contributed by atoms with Crippen molar-refractivity contribution in [2.24, 2.45) is 0 Å². The lowest BCUT2D eigenvalue weighted by Gasteiger charge is -2.43. The Kier molecular flexibility index (Phi) is 5.25. The van der Waals surface area contributed by atoms with Crippen molar-refractivity contribution in [3.8, 4) is 5.75 Å². The van der Waals surface area contributed by atoms with Gasteiger partial charge in [0.15, 0.2) is 5.75 Å². The van der Waals surface area contributed by atoms with Crippen molar-refractivity contribution < 1.29 is 27.8 Å². The molecule has 2 aliphatic heterocycles. The Hall–Kier alpha value is -3.27. The van der Waals surface area contributed by atoms with E-state index in [4.69, 9.17) is 0 Å². The van der Waals surface area contributed by atoms with E-state index in [0.717, 1.165) is 5.82 Å². The number of aliphatic carboxylic acids is 1. The topological polar surface area (TPSA) is 69.1 Å². The second-order valence-electron chi connectivity index (χ2n) is 6.92. The summed E-state index contributed by atoms with van der Waals surface area (Å²) in [7, 11) is 0. The number of piperazine rings is 1. The number of anilines is 2. The number of hydrogen-bond donors (Lipinski definition) is 1. The van der Waals surface area contributed by atoms with E-state index in [-0.39, 0.29) is 23.4 Å². The van der Waals surface area contributed by atoms with Gasteiger partial charge < -0.3 is 14.7 Å².